The Labute approximate surface area is 208 Å². The van der Waals surface area contributed by atoms with E-state index in [9.17, 15) is 22.4 Å². The van der Waals surface area contributed by atoms with Gasteiger partial charge in [-0.25, -0.2) is 12.8 Å². The van der Waals surface area contributed by atoms with E-state index in [1.54, 1.807) is 13.0 Å². The molecule has 1 N–H and O–H groups in total. The highest BCUT2D eigenvalue weighted by Gasteiger charge is 2.28. The van der Waals surface area contributed by atoms with E-state index in [0.717, 1.165) is 28.1 Å². The van der Waals surface area contributed by atoms with Crippen LogP contribution in [0.4, 0.5) is 10.1 Å². The van der Waals surface area contributed by atoms with Gasteiger partial charge in [0, 0.05) is 25.6 Å². The minimum absolute atomic E-state index is 0.00725. The third kappa shape index (κ3) is 8.06. The van der Waals surface area contributed by atoms with Gasteiger partial charge in [0.05, 0.1) is 11.9 Å². The molecule has 0 aliphatic heterocycles. The van der Waals surface area contributed by atoms with Gasteiger partial charge in [0.2, 0.25) is 21.8 Å². The molecule has 0 aliphatic rings. The number of benzene rings is 2. The van der Waals surface area contributed by atoms with Crippen LogP contribution in [0.25, 0.3) is 0 Å². The first-order chi connectivity index (χ1) is 16.5. The van der Waals surface area contributed by atoms with Crippen LogP contribution in [0.2, 0.25) is 0 Å². The molecule has 2 amide bonds. The molecule has 0 aromatic heterocycles. The van der Waals surface area contributed by atoms with Crippen LogP contribution in [-0.4, -0.2) is 50.0 Å². The van der Waals surface area contributed by atoms with E-state index in [2.05, 4.69) is 5.32 Å². The number of rotatable bonds is 12. The lowest BCUT2D eigenvalue weighted by atomic mass is 10.1. The van der Waals surface area contributed by atoms with Crippen LogP contribution in [0, 0.1) is 12.7 Å². The van der Waals surface area contributed by atoms with Crippen LogP contribution >= 0.6 is 0 Å². The number of carbonyl (C=O) groups excluding carboxylic acids is 2. The molecule has 2 atom stereocenters. The largest absolute Gasteiger partial charge is 0.352 e. The summed E-state index contributed by atoms with van der Waals surface area (Å²) >= 11 is 0. The second-order valence-electron chi connectivity index (χ2n) is 8.83. The van der Waals surface area contributed by atoms with Crippen molar-refractivity contribution in [1.29, 1.82) is 0 Å². The van der Waals surface area contributed by atoms with E-state index in [4.69, 9.17) is 0 Å². The number of nitrogens with one attached hydrogen (secondary N) is 1. The predicted molar refractivity (Wildman–Crippen MR) is 137 cm³/mol. The standard InChI is InChI=1S/C26H36FN3O4S/c1-6-20(3)28-26(32)21(4)29(18-22-13-8-7-12-19(22)2)25(31)16-11-17-30(35(5,33)34)24-15-10-9-14-23(24)27/h7-10,12-15,20-21H,6,11,16-18H2,1-5H3,(H,28,32)/t20-,21-/m1/s1. The lowest BCUT2D eigenvalue weighted by molar-refractivity contribution is -0.140. The van der Waals surface area contributed by atoms with Crippen LogP contribution in [0.3, 0.4) is 0 Å². The second-order valence-corrected chi connectivity index (χ2v) is 10.7. The Morgan fingerprint density at radius 2 is 1.69 bits per heavy atom. The number of amides is 2. The summed E-state index contributed by atoms with van der Waals surface area (Å²) in [6.45, 7) is 7.70. The minimum Gasteiger partial charge on any atom is -0.352 e. The fourth-order valence-corrected chi connectivity index (χ4v) is 4.62. The van der Waals surface area contributed by atoms with Gasteiger partial charge in [-0.1, -0.05) is 43.3 Å². The molecule has 2 aromatic carbocycles. The maximum absolute atomic E-state index is 14.3. The molecule has 9 heteroatoms. The molecule has 0 aliphatic carbocycles. The summed E-state index contributed by atoms with van der Waals surface area (Å²) in [6, 6.07) is 12.5. The third-order valence-corrected chi connectivity index (χ3v) is 7.22. The molecule has 2 aromatic rings. The molecular formula is C26H36FN3O4S. The van der Waals surface area contributed by atoms with E-state index in [-0.39, 0.29) is 49.5 Å². The summed E-state index contributed by atoms with van der Waals surface area (Å²) in [7, 11) is -3.75. The van der Waals surface area contributed by atoms with Crippen molar-refractivity contribution in [1.82, 2.24) is 10.2 Å². The Morgan fingerprint density at radius 3 is 2.29 bits per heavy atom. The van der Waals surface area contributed by atoms with Crippen LogP contribution in [0.5, 0.6) is 0 Å². The number of hydrogen-bond acceptors (Lipinski definition) is 4. The first-order valence-electron chi connectivity index (χ1n) is 11.8. The first-order valence-corrected chi connectivity index (χ1v) is 13.7. The van der Waals surface area contributed by atoms with Crippen molar-refractivity contribution in [2.75, 3.05) is 17.1 Å². The minimum atomic E-state index is -3.75. The topological polar surface area (TPSA) is 86.8 Å². The number of sulfonamides is 1. The fourth-order valence-electron chi connectivity index (χ4n) is 3.66. The summed E-state index contributed by atoms with van der Waals surface area (Å²) in [6.07, 6.45) is 1.95. The van der Waals surface area contributed by atoms with Crippen LogP contribution < -0.4 is 9.62 Å². The molecule has 2 rings (SSSR count). The van der Waals surface area contributed by atoms with Gasteiger partial charge in [0.25, 0.3) is 0 Å². The van der Waals surface area contributed by atoms with Gasteiger partial charge in [-0.2, -0.15) is 0 Å². The van der Waals surface area contributed by atoms with Gasteiger partial charge < -0.3 is 10.2 Å². The Kier molecular flexibility index (Phi) is 10.2. The third-order valence-electron chi connectivity index (χ3n) is 6.04. The molecule has 0 saturated carbocycles. The lowest BCUT2D eigenvalue weighted by Crippen LogP contribution is -2.49. The highest BCUT2D eigenvalue weighted by molar-refractivity contribution is 7.92. The molecule has 0 saturated heterocycles. The Balaban J connectivity index is 2.20. The summed E-state index contributed by atoms with van der Waals surface area (Å²) < 4.78 is 39.9. The molecule has 192 valence electrons. The Bertz CT molecular complexity index is 1120. The smallest absolute Gasteiger partial charge is 0.242 e. The maximum atomic E-state index is 14.3. The van der Waals surface area contributed by atoms with Crippen molar-refractivity contribution in [3.05, 3.63) is 65.5 Å². The van der Waals surface area contributed by atoms with Gasteiger partial charge in [-0.15, -0.1) is 0 Å². The van der Waals surface area contributed by atoms with Crippen molar-refractivity contribution in [3.8, 4) is 0 Å². The summed E-state index contributed by atoms with van der Waals surface area (Å²) in [5.74, 6) is -1.17. The maximum Gasteiger partial charge on any atom is 0.242 e. The normalized spacial score (nSPS) is 13.1. The second kappa shape index (κ2) is 12.7. The van der Waals surface area contributed by atoms with E-state index in [0.29, 0.717) is 0 Å². The van der Waals surface area contributed by atoms with E-state index >= 15 is 0 Å². The zero-order chi connectivity index (χ0) is 26.2. The quantitative estimate of drug-likeness (QED) is 0.472. The molecule has 0 radical (unpaired) electrons. The molecule has 7 nitrogen and oxygen atoms in total. The number of carbonyl (C=O) groups is 2. The van der Waals surface area contributed by atoms with E-state index < -0.39 is 21.9 Å². The van der Waals surface area contributed by atoms with Crippen molar-refractivity contribution in [2.45, 2.75) is 65.6 Å². The van der Waals surface area contributed by atoms with E-state index in [1.807, 2.05) is 45.0 Å². The van der Waals surface area contributed by atoms with Gasteiger partial charge in [-0.3, -0.25) is 13.9 Å². The molecule has 0 unspecified atom stereocenters. The highest BCUT2D eigenvalue weighted by Crippen LogP contribution is 2.22. The SMILES string of the molecule is CC[C@@H](C)NC(=O)[C@@H](C)N(Cc1ccccc1C)C(=O)CCCN(c1ccccc1F)S(C)(=O)=O. The summed E-state index contributed by atoms with van der Waals surface area (Å²) in [4.78, 5) is 27.7. The van der Waals surface area contributed by atoms with Gasteiger partial charge in [0.1, 0.15) is 11.9 Å². The van der Waals surface area contributed by atoms with Crippen LogP contribution in [0.1, 0.15) is 51.2 Å². The van der Waals surface area contributed by atoms with E-state index in [1.165, 1.54) is 23.1 Å². The number of anilines is 1. The van der Waals surface area contributed by atoms with Crippen molar-refractivity contribution in [3.63, 3.8) is 0 Å². The molecule has 0 bridgehead atoms. The zero-order valence-electron chi connectivity index (χ0n) is 21.1. The molecular weight excluding hydrogens is 469 g/mol. The highest BCUT2D eigenvalue weighted by atomic mass is 32.2. The Morgan fingerprint density at radius 1 is 1.06 bits per heavy atom. The average Bonchev–Trinajstić information content (AvgIpc) is 2.80. The van der Waals surface area contributed by atoms with Gasteiger partial charge in [0.15, 0.2) is 0 Å². The molecule has 0 fully saturated rings. The number of hydrogen-bond donors (Lipinski definition) is 1. The predicted octanol–water partition coefficient (Wildman–Crippen LogP) is 4.01. The monoisotopic (exact) mass is 505 g/mol. The number of halogens is 1. The van der Waals surface area contributed by atoms with Crippen LogP contribution in [-0.2, 0) is 26.2 Å². The molecule has 0 spiro atoms. The average molecular weight is 506 g/mol. The fraction of sp³-hybridized carbons (Fsp3) is 0.462. The van der Waals surface area contributed by atoms with Crippen molar-refractivity contribution in [2.24, 2.45) is 0 Å². The Hall–Kier alpha value is -2.94. The number of aryl methyl sites for hydroxylation is 1. The number of para-hydroxylation sites is 1. The summed E-state index contributed by atoms with van der Waals surface area (Å²) in [5.41, 5.74) is 1.87. The van der Waals surface area contributed by atoms with Gasteiger partial charge in [-0.05, 0) is 56.9 Å². The molecule has 0 heterocycles. The number of nitrogens with zero attached hydrogens (tertiary/aromatic N) is 2. The zero-order valence-corrected chi connectivity index (χ0v) is 21.9. The molecule has 35 heavy (non-hydrogen) atoms. The first kappa shape index (κ1) is 28.3. The van der Waals surface area contributed by atoms with Gasteiger partial charge >= 0.3 is 0 Å². The van der Waals surface area contributed by atoms with Crippen molar-refractivity contribution < 1.29 is 22.4 Å². The lowest BCUT2D eigenvalue weighted by Gasteiger charge is -2.30. The van der Waals surface area contributed by atoms with Crippen molar-refractivity contribution >= 4 is 27.5 Å². The van der Waals surface area contributed by atoms with Crippen LogP contribution in [0.15, 0.2) is 48.5 Å². The summed E-state index contributed by atoms with van der Waals surface area (Å²) in [5, 5.41) is 2.92.